The number of carbonyl (C=O) groups excluding carboxylic acids is 1. The summed E-state index contributed by atoms with van der Waals surface area (Å²) in [5.74, 6) is 1.21. The van der Waals surface area contributed by atoms with Gasteiger partial charge in [-0.25, -0.2) is 4.79 Å². The molecule has 21 heavy (non-hydrogen) atoms. The minimum absolute atomic E-state index is 0.0101. The van der Waals surface area contributed by atoms with Crippen LogP contribution in [0.1, 0.15) is 34.6 Å². The van der Waals surface area contributed by atoms with E-state index < -0.39 is 11.8 Å². The van der Waals surface area contributed by atoms with Crippen molar-refractivity contribution in [1.29, 1.82) is 0 Å². The molecule has 0 aliphatic carbocycles. The smallest absolute Gasteiger partial charge is 0.493 e. The summed E-state index contributed by atoms with van der Waals surface area (Å²) >= 11 is 3.39. The Labute approximate surface area is 133 Å². The first-order valence-electron chi connectivity index (χ1n) is 6.57. The Kier molecular flexibility index (Phi) is 5.89. The lowest BCUT2D eigenvalue weighted by molar-refractivity contribution is 0.0200. The molecule has 5 nitrogen and oxygen atoms in total. The number of hydrogen-bond acceptors (Lipinski definition) is 5. The number of rotatable bonds is 4. The van der Waals surface area contributed by atoms with Gasteiger partial charge in [0.05, 0.1) is 17.7 Å². The van der Waals surface area contributed by atoms with Gasteiger partial charge in [-0.1, -0.05) is 0 Å². The molecule has 0 heterocycles. The predicted molar refractivity (Wildman–Crippen MR) is 83.3 cm³/mol. The van der Waals surface area contributed by atoms with Crippen molar-refractivity contribution in [2.45, 2.75) is 46.3 Å². The molecule has 0 unspecified atom stereocenters. The Bertz CT molecular complexity index is 506. The highest BCUT2D eigenvalue weighted by atomic mass is 79.9. The number of halogens is 1. The number of methoxy groups -OCH3 is 1. The quantitative estimate of drug-likeness (QED) is 0.581. The van der Waals surface area contributed by atoms with Gasteiger partial charge in [0, 0.05) is 12.1 Å². The van der Waals surface area contributed by atoms with Crippen molar-refractivity contribution in [2.75, 3.05) is 7.11 Å². The third-order valence-corrected chi connectivity index (χ3v) is 2.78. The van der Waals surface area contributed by atoms with Crippen molar-refractivity contribution in [2.24, 2.45) is 0 Å². The van der Waals surface area contributed by atoms with E-state index in [-0.39, 0.29) is 11.9 Å². The van der Waals surface area contributed by atoms with Crippen molar-refractivity contribution < 1.29 is 23.7 Å². The summed E-state index contributed by atoms with van der Waals surface area (Å²) in [7, 11) is 1.49. The fourth-order valence-corrected chi connectivity index (χ4v) is 1.88. The Morgan fingerprint density at radius 1 is 1.14 bits per heavy atom. The van der Waals surface area contributed by atoms with Gasteiger partial charge in [-0.05, 0) is 50.5 Å². The van der Waals surface area contributed by atoms with E-state index in [1.54, 1.807) is 32.9 Å². The summed E-state index contributed by atoms with van der Waals surface area (Å²) in [6.45, 7) is 9.11. The molecule has 0 aliphatic heterocycles. The van der Waals surface area contributed by atoms with Gasteiger partial charge >= 0.3 is 6.16 Å². The summed E-state index contributed by atoms with van der Waals surface area (Å²) < 4.78 is 21.9. The molecule has 1 rings (SSSR count). The maximum absolute atomic E-state index is 11.8. The Balaban J connectivity index is 3.01. The maximum Gasteiger partial charge on any atom is 0.514 e. The van der Waals surface area contributed by atoms with Crippen LogP contribution in [0.5, 0.6) is 17.2 Å². The van der Waals surface area contributed by atoms with Gasteiger partial charge in [0.15, 0.2) is 11.5 Å². The zero-order valence-electron chi connectivity index (χ0n) is 13.2. The molecule has 1 aromatic carbocycles. The Morgan fingerprint density at radius 3 is 2.24 bits per heavy atom. The minimum Gasteiger partial charge on any atom is -0.493 e. The zero-order chi connectivity index (χ0) is 16.2. The average Bonchev–Trinajstić information content (AvgIpc) is 2.29. The molecule has 6 heteroatoms. The van der Waals surface area contributed by atoms with Gasteiger partial charge < -0.3 is 18.9 Å². The second-order valence-electron chi connectivity index (χ2n) is 5.67. The molecule has 0 radical (unpaired) electrons. The first kappa shape index (κ1) is 17.6. The zero-order valence-corrected chi connectivity index (χ0v) is 14.7. The molecular formula is C15H21BrO5. The van der Waals surface area contributed by atoms with Crippen LogP contribution in [0.2, 0.25) is 0 Å². The third kappa shape index (κ3) is 5.83. The fraction of sp³-hybridized carbons (Fsp3) is 0.533. The van der Waals surface area contributed by atoms with Gasteiger partial charge in [-0.15, -0.1) is 0 Å². The lowest BCUT2D eigenvalue weighted by Crippen LogP contribution is -2.26. The van der Waals surface area contributed by atoms with Crippen molar-refractivity contribution in [3.8, 4) is 17.2 Å². The van der Waals surface area contributed by atoms with Crippen LogP contribution in [0.4, 0.5) is 4.79 Å². The molecule has 0 amide bonds. The van der Waals surface area contributed by atoms with Crippen LogP contribution in [-0.2, 0) is 4.74 Å². The van der Waals surface area contributed by atoms with E-state index in [4.69, 9.17) is 18.9 Å². The topological polar surface area (TPSA) is 54.0 Å². The van der Waals surface area contributed by atoms with Crippen molar-refractivity contribution in [1.82, 2.24) is 0 Å². The van der Waals surface area contributed by atoms with Crippen LogP contribution in [0, 0.1) is 0 Å². The number of carbonyl (C=O) groups is 1. The molecule has 0 fully saturated rings. The Morgan fingerprint density at radius 2 is 1.76 bits per heavy atom. The molecule has 0 spiro atoms. The molecule has 0 atom stereocenters. The first-order chi connectivity index (χ1) is 9.62. The Hall–Kier alpha value is -1.43. The summed E-state index contributed by atoms with van der Waals surface area (Å²) in [5.41, 5.74) is -0.628. The van der Waals surface area contributed by atoms with Gasteiger partial charge in [0.25, 0.3) is 0 Å². The fourth-order valence-electron chi connectivity index (χ4n) is 1.46. The van der Waals surface area contributed by atoms with Crippen LogP contribution >= 0.6 is 15.9 Å². The molecule has 118 valence electrons. The van der Waals surface area contributed by atoms with E-state index in [2.05, 4.69) is 15.9 Å². The molecular weight excluding hydrogens is 340 g/mol. The van der Waals surface area contributed by atoms with Crippen molar-refractivity contribution >= 4 is 22.1 Å². The summed E-state index contributed by atoms with van der Waals surface area (Å²) in [6, 6.07) is 3.27. The highest BCUT2D eigenvalue weighted by molar-refractivity contribution is 9.10. The second kappa shape index (κ2) is 7.02. The van der Waals surface area contributed by atoms with Crippen LogP contribution < -0.4 is 14.2 Å². The van der Waals surface area contributed by atoms with Crippen molar-refractivity contribution in [3.05, 3.63) is 16.6 Å². The van der Waals surface area contributed by atoms with E-state index in [9.17, 15) is 4.79 Å². The highest BCUT2D eigenvalue weighted by Crippen LogP contribution is 2.38. The molecule has 0 aromatic heterocycles. The van der Waals surface area contributed by atoms with E-state index in [0.29, 0.717) is 16.0 Å². The van der Waals surface area contributed by atoms with Gasteiger partial charge in [-0.2, -0.15) is 0 Å². The average molecular weight is 361 g/mol. The summed E-state index contributed by atoms with van der Waals surface area (Å²) in [5, 5.41) is 0. The van der Waals surface area contributed by atoms with Gasteiger partial charge in [-0.3, -0.25) is 0 Å². The third-order valence-electron chi connectivity index (χ3n) is 2.16. The van der Waals surface area contributed by atoms with E-state index >= 15 is 0 Å². The molecule has 0 saturated heterocycles. The van der Waals surface area contributed by atoms with Crippen molar-refractivity contribution in [3.63, 3.8) is 0 Å². The molecule has 0 aliphatic rings. The lowest BCUT2D eigenvalue weighted by atomic mass is 10.2. The maximum atomic E-state index is 11.8. The predicted octanol–water partition coefficient (Wildman–Crippen LogP) is 4.56. The molecule has 1 aromatic rings. The SMILES string of the molecule is COc1cc(Br)c(OC(C)C)cc1OC(=O)OC(C)(C)C. The van der Waals surface area contributed by atoms with Crippen LogP contribution in [0.15, 0.2) is 16.6 Å². The minimum atomic E-state index is -0.793. The van der Waals surface area contributed by atoms with Crippen LogP contribution in [-0.4, -0.2) is 25.0 Å². The van der Waals surface area contributed by atoms with Crippen LogP contribution in [0.25, 0.3) is 0 Å². The van der Waals surface area contributed by atoms with Gasteiger partial charge in [0.2, 0.25) is 0 Å². The monoisotopic (exact) mass is 360 g/mol. The summed E-state index contributed by atoms with van der Waals surface area (Å²) in [4.78, 5) is 11.8. The molecule has 0 bridgehead atoms. The lowest BCUT2D eigenvalue weighted by Gasteiger charge is -2.20. The molecule has 0 N–H and O–H groups in total. The largest absolute Gasteiger partial charge is 0.514 e. The van der Waals surface area contributed by atoms with Gasteiger partial charge in [0.1, 0.15) is 11.4 Å². The highest BCUT2D eigenvalue weighted by Gasteiger charge is 2.21. The standard InChI is InChI=1S/C15H21BrO5/c1-9(2)19-11-8-13(12(18-6)7-10(11)16)20-14(17)21-15(3,4)5/h7-9H,1-6H3. The molecule has 0 saturated carbocycles. The number of hydrogen-bond donors (Lipinski definition) is 0. The number of ether oxygens (including phenoxy) is 4. The van der Waals surface area contributed by atoms with E-state index in [1.807, 2.05) is 13.8 Å². The second-order valence-corrected chi connectivity index (χ2v) is 6.52. The van der Waals surface area contributed by atoms with E-state index in [1.165, 1.54) is 7.11 Å². The normalized spacial score (nSPS) is 11.2. The number of benzene rings is 1. The van der Waals surface area contributed by atoms with Crippen LogP contribution in [0.3, 0.4) is 0 Å². The first-order valence-corrected chi connectivity index (χ1v) is 7.36. The summed E-state index contributed by atoms with van der Waals surface area (Å²) in [6.07, 6.45) is -0.803. The van der Waals surface area contributed by atoms with E-state index in [0.717, 1.165) is 0 Å².